The Labute approximate surface area is 208 Å². The maximum absolute atomic E-state index is 13.5. The Bertz CT molecular complexity index is 1500. The summed E-state index contributed by atoms with van der Waals surface area (Å²) in [5.41, 5.74) is 5.74. The van der Waals surface area contributed by atoms with Crippen molar-refractivity contribution in [1.82, 2.24) is 20.3 Å². The molecule has 2 aromatic carbocycles. The second-order valence-electron chi connectivity index (χ2n) is 9.39. The highest BCUT2D eigenvalue weighted by Crippen LogP contribution is 2.33. The Kier molecular flexibility index (Phi) is 5.32. The molecule has 9 nitrogen and oxygen atoms in total. The van der Waals surface area contributed by atoms with Crippen LogP contribution in [0.1, 0.15) is 46.2 Å². The van der Waals surface area contributed by atoms with E-state index in [1.807, 2.05) is 56.3 Å². The Morgan fingerprint density at radius 2 is 1.86 bits per heavy atom. The number of hydrogen-bond donors (Lipinski definition) is 2. The number of nitrogens with zero attached hydrogens (tertiary/aromatic N) is 5. The van der Waals surface area contributed by atoms with E-state index in [0.29, 0.717) is 29.2 Å². The first kappa shape index (κ1) is 22.1. The van der Waals surface area contributed by atoms with Gasteiger partial charge < -0.3 is 10.6 Å². The van der Waals surface area contributed by atoms with Crippen LogP contribution in [0.2, 0.25) is 0 Å². The molecule has 2 aliphatic heterocycles. The van der Waals surface area contributed by atoms with Crippen molar-refractivity contribution in [2.75, 3.05) is 11.9 Å². The monoisotopic (exact) mass is 479 g/mol. The summed E-state index contributed by atoms with van der Waals surface area (Å²) in [5, 5.41) is 12.6. The molecular formula is C27H25N7O2. The number of aromatic nitrogens is 2. The summed E-state index contributed by atoms with van der Waals surface area (Å²) in [5.74, 6) is -0.00965. The highest BCUT2D eigenvalue weighted by Gasteiger charge is 2.38. The van der Waals surface area contributed by atoms with Crippen LogP contribution in [-0.4, -0.2) is 51.4 Å². The van der Waals surface area contributed by atoms with Crippen LogP contribution in [0.4, 0.5) is 5.69 Å². The number of para-hydroxylation sites is 2. The molecule has 1 unspecified atom stereocenters. The zero-order valence-corrected chi connectivity index (χ0v) is 20.0. The molecule has 6 rings (SSSR count). The maximum Gasteiger partial charge on any atom is 0.251 e. The molecule has 180 valence electrons. The minimum atomic E-state index is -0.422. The van der Waals surface area contributed by atoms with Crippen LogP contribution in [0.15, 0.2) is 70.0 Å². The Balaban J connectivity index is 1.27. The summed E-state index contributed by atoms with van der Waals surface area (Å²) >= 11 is 0. The van der Waals surface area contributed by atoms with Gasteiger partial charge in [0.15, 0.2) is 11.6 Å². The molecule has 0 radical (unpaired) electrons. The summed E-state index contributed by atoms with van der Waals surface area (Å²) in [6, 6.07) is 13.4. The number of rotatable bonds is 5. The number of nitrogens with one attached hydrogen (secondary N) is 2. The molecule has 3 aliphatic rings. The predicted molar refractivity (Wildman–Crippen MR) is 138 cm³/mol. The molecule has 3 heterocycles. The van der Waals surface area contributed by atoms with Gasteiger partial charge in [0.1, 0.15) is 17.7 Å². The fraction of sp³-hybridized carbons (Fsp3) is 0.259. The van der Waals surface area contributed by atoms with Gasteiger partial charge >= 0.3 is 0 Å². The average Bonchev–Trinajstić information content (AvgIpc) is 3.64. The van der Waals surface area contributed by atoms with E-state index in [9.17, 15) is 9.59 Å². The van der Waals surface area contributed by atoms with Crippen molar-refractivity contribution in [3.63, 3.8) is 0 Å². The van der Waals surface area contributed by atoms with Gasteiger partial charge in [-0.25, -0.2) is 9.98 Å². The number of carbonyl (C=O) groups excluding carboxylic acids is 2. The summed E-state index contributed by atoms with van der Waals surface area (Å²) in [6.07, 6.45) is 5.08. The molecule has 2 N–H and O–H groups in total. The molecule has 1 atom stereocenters. The van der Waals surface area contributed by atoms with Gasteiger partial charge in [0, 0.05) is 17.3 Å². The minimum Gasteiger partial charge on any atom is -0.349 e. The maximum atomic E-state index is 13.5. The number of hydrogen-bond acceptors (Lipinski definition) is 8. The molecule has 1 aromatic heterocycles. The van der Waals surface area contributed by atoms with E-state index in [0.717, 1.165) is 40.9 Å². The lowest BCUT2D eigenvalue weighted by molar-refractivity contribution is 0.0925. The molecule has 9 heteroatoms. The fourth-order valence-corrected chi connectivity index (χ4v) is 4.54. The molecular weight excluding hydrogens is 454 g/mol. The quantitative estimate of drug-likeness (QED) is 0.540. The molecule has 1 fully saturated rings. The van der Waals surface area contributed by atoms with Crippen molar-refractivity contribution in [2.24, 2.45) is 16.0 Å². The molecule has 1 aliphatic carbocycles. The lowest BCUT2D eigenvalue weighted by atomic mass is 9.95. The zero-order chi connectivity index (χ0) is 24.8. The van der Waals surface area contributed by atoms with Crippen LogP contribution in [-0.2, 0) is 0 Å². The first-order valence-corrected chi connectivity index (χ1v) is 12.0. The minimum absolute atomic E-state index is 0.0762. The number of amides is 1. The molecule has 36 heavy (non-hydrogen) atoms. The van der Waals surface area contributed by atoms with E-state index < -0.39 is 5.92 Å². The molecule has 1 amide bonds. The number of Topliss-reactive ketones (excluding diaryl/α,β-unsaturated/α-hetero) is 1. The number of amidine groups is 1. The number of carbonyl (C=O) groups is 2. The second kappa shape index (κ2) is 8.67. The molecule has 0 saturated heterocycles. The lowest BCUT2D eigenvalue weighted by Crippen LogP contribution is -2.29. The number of benzene rings is 2. The van der Waals surface area contributed by atoms with E-state index in [2.05, 4.69) is 30.7 Å². The van der Waals surface area contributed by atoms with E-state index >= 15 is 0 Å². The standard InChI is InChI=1S/C27H25N7O2/c1-15-7-8-17(27(36)31-18-9-10-18)11-22(15)33-26-24-16(2)19(13-34(24)30-14-29-26)25(35)23-12-28-20-5-3-4-6-21(20)32-23/h3-8,11-12,14,18-19H,9-10,13H2,1-2H3,(H,31,36)(H,29,30,33). The number of ketones is 1. The molecule has 0 spiro atoms. The van der Waals surface area contributed by atoms with Crippen LogP contribution >= 0.6 is 0 Å². The van der Waals surface area contributed by atoms with Crippen LogP contribution in [0.25, 0.3) is 11.0 Å². The molecule has 3 aromatic rings. The van der Waals surface area contributed by atoms with E-state index in [1.165, 1.54) is 12.5 Å². The number of aryl methyl sites for hydroxylation is 1. The van der Waals surface area contributed by atoms with Gasteiger partial charge in [-0.2, -0.15) is 5.10 Å². The SMILES string of the molecule is CC1=C2C(Nc3cc(C(=O)NC4CC4)ccc3C)=NC=NN2CC1C(=O)c1cnc2ccccc2n1. The van der Waals surface area contributed by atoms with Gasteiger partial charge in [-0.05, 0) is 62.1 Å². The van der Waals surface area contributed by atoms with Crippen molar-refractivity contribution in [3.05, 3.63) is 76.8 Å². The zero-order valence-electron chi connectivity index (χ0n) is 20.0. The average molecular weight is 480 g/mol. The highest BCUT2D eigenvalue weighted by molar-refractivity contribution is 6.13. The van der Waals surface area contributed by atoms with Crippen LogP contribution in [0.3, 0.4) is 0 Å². The second-order valence-corrected chi connectivity index (χ2v) is 9.39. The number of aliphatic imine (C=N–C) groups is 1. The largest absolute Gasteiger partial charge is 0.349 e. The summed E-state index contributed by atoms with van der Waals surface area (Å²) in [4.78, 5) is 39.4. The van der Waals surface area contributed by atoms with Crippen LogP contribution in [0.5, 0.6) is 0 Å². The Morgan fingerprint density at radius 3 is 2.67 bits per heavy atom. The van der Waals surface area contributed by atoms with E-state index in [1.54, 1.807) is 5.01 Å². The Hall–Kier alpha value is -4.40. The predicted octanol–water partition coefficient (Wildman–Crippen LogP) is 3.69. The fourth-order valence-electron chi connectivity index (χ4n) is 4.54. The highest BCUT2D eigenvalue weighted by atomic mass is 16.1. The summed E-state index contributed by atoms with van der Waals surface area (Å²) in [6.45, 7) is 4.30. The number of anilines is 1. The van der Waals surface area contributed by atoms with Crippen molar-refractivity contribution in [1.29, 1.82) is 0 Å². The van der Waals surface area contributed by atoms with Crippen LogP contribution in [0, 0.1) is 12.8 Å². The van der Waals surface area contributed by atoms with Crippen molar-refractivity contribution in [3.8, 4) is 0 Å². The van der Waals surface area contributed by atoms with Crippen molar-refractivity contribution < 1.29 is 9.59 Å². The normalized spacial score (nSPS) is 18.8. The summed E-state index contributed by atoms with van der Waals surface area (Å²) < 4.78 is 0. The third-order valence-electron chi connectivity index (χ3n) is 6.79. The van der Waals surface area contributed by atoms with Gasteiger partial charge in [-0.15, -0.1) is 0 Å². The van der Waals surface area contributed by atoms with Crippen LogP contribution < -0.4 is 10.6 Å². The van der Waals surface area contributed by atoms with Gasteiger partial charge in [-0.3, -0.25) is 19.6 Å². The van der Waals surface area contributed by atoms with Crippen molar-refractivity contribution in [2.45, 2.75) is 32.7 Å². The number of fused-ring (bicyclic) bond motifs is 2. The lowest BCUT2D eigenvalue weighted by Gasteiger charge is -2.22. The van der Waals surface area contributed by atoms with E-state index in [4.69, 9.17) is 0 Å². The topological polar surface area (TPSA) is 112 Å². The third kappa shape index (κ3) is 4.02. The van der Waals surface area contributed by atoms with E-state index in [-0.39, 0.29) is 17.7 Å². The van der Waals surface area contributed by atoms with Gasteiger partial charge in [0.2, 0.25) is 0 Å². The van der Waals surface area contributed by atoms with Crippen molar-refractivity contribution >= 4 is 40.6 Å². The molecule has 0 bridgehead atoms. The number of hydrazone groups is 1. The summed E-state index contributed by atoms with van der Waals surface area (Å²) in [7, 11) is 0. The first-order chi connectivity index (χ1) is 17.5. The smallest absolute Gasteiger partial charge is 0.251 e. The molecule has 1 saturated carbocycles. The Morgan fingerprint density at radius 1 is 1.06 bits per heavy atom. The van der Waals surface area contributed by atoms with Gasteiger partial charge in [0.05, 0.1) is 29.7 Å². The van der Waals surface area contributed by atoms with Gasteiger partial charge in [0.25, 0.3) is 5.91 Å². The van der Waals surface area contributed by atoms with Gasteiger partial charge in [-0.1, -0.05) is 18.2 Å². The third-order valence-corrected chi connectivity index (χ3v) is 6.79. The first-order valence-electron chi connectivity index (χ1n) is 12.0.